The van der Waals surface area contributed by atoms with Gasteiger partial charge in [-0.2, -0.15) is 0 Å². The van der Waals surface area contributed by atoms with Crippen LogP contribution in [-0.4, -0.2) is 44.6 Å². The van der Waals surface area contributed by atoms with Gasteiger partial charge in [0.1, 0.15) is 0 Å². The molecule has 0 bridgehead atoms. The second-order valence-electron chi connectivity index (χ2n) is 5.71. The van der Waals surface area contributed by atoms with Crippen molar-refractivity contribution in [3.63, 3.8) is 0 Å². The van der Waals surface area contributed by atoms with Crippen molar-refractivity contribution in [1.29, 1.82) is 0 Å². The van der Waals surface area contributed by atoms with E-state index >= 15 is 0 Å². The van der Waals surface area contributed by atoms with E-state index in [4.69, 9.17) is 4.74 Å². The molecule has 1 aliphatic rings. The van der Waals surface area contributed by atoms with Gasteiger partial charge in [0, 0.05) is 19.8 Å². The van der Waals surface area contributed by atoms with Crippen LogP contribution in [-0.2, 0) is 16.1 Å². The van der Waals surface area contributed by atoms with Crippen LogP contribution in [0.5, 0.6) is 0 Å². The van der Waals surface area contributed by atoms with Crippen LogP contribution >= 0.6 is 11.8 Å². The van der Waals surface area contributed by atoms with E-state index in [-0.39, 0.29) is 17.2 Å². The van der Waals surface area contributed by atoms with Crippen LogP contribution in [0, 0.1) is 0 Å². The Morgan fingerprint density at radius 2 is 2.12 bits per heavy atom. The number of rotatable bonds is 6. The number of thioether (sulfide) groups is 1. The standard InChI is InChI=1S/C16H21N5O2S/c1-12(15(22)17-11-13-5-3-2-4-6-13)24-16-18-19-20-21(16)14-7-9-23-10-8-14/h2-6,12,14H,7-11H2,1H3,(H,17,22)/t12-/m1/s1. The van der Waals surface area contributed by atoms with Gasteiger partial charge in [0.25, 0.3) is 0 Å². The third-order valence-electron chi connectivity index (χ3n) is 3.96. The van der Waals surface area contributed by atoms with E-state index < -0.39 is 0 Å². The zero-order valence-electron chi connectivity index (χ0n) is 13.6. The van der Waals surface area contributed by atoms with Crippen LogP contribution in [0.4, 0.5) is 0 Å². The number of nitrogens with one attached hydrogen (secondary N) is 1. The molecule has 3 rings (SSSR count). The van der Waals surface area contributed by atoms with Gasteiger partial charge in [0.15, 0.2) is 0 Å². The number of nitrogens with zero attached hydrogens (tertiary/aromatic N) is 4. The lowest BCUT2D eigenvalue weighted by Crippen LogP contribution is -2.31. The topological polar surface area (TPSA) is 81.9 Å². The maximum atomic E-state index is 12.3. The highest BCUT2D eigenvalue weighted by atomic mass is 32.2. The Hall–Kier alpha value is -1.93. The summed E-state index contributed by atoms with van der Waals surface area (Å²) in [5.41, 5.74) is 1.08. The Morgan fingerprint density at radius 3 is 2.88 bits per heavy atom. The molecule has 1 fully saturated rings. The molecule has 0 unspecified atom stereocenters. The number of carbonyl (C=O) groups is 1. The van der Waals surface area contributed by atoms with Gasteiger partial charge in [0.05, 0.1) is 11.3 Å². The summed E-state index contributed by atoms with van der Waals surface area (Å²) in [6.07, 6.45) is 1.79. The van der Waals surface area contributed by atoms with E-state index in [1.54, 1.807) is 0 Å². The molecule has 128 valence electrons. The Bertz CT molecular complexity index is 657. The van der Waals surface area contributed by atoms with Gasteiger partial charge in [0.2, 0.25) is 11.1 Å². The van der Waals surface area contributed by atoms with Crippen molar-refractivity contribution >= 4 is 17.7 Å². The first kappa shape index (κ1) is 16.9. The molecule has 24 heavy (non-hydrogen) atoms. The summed E-state index contributed by atoms with van der Waals surface area (Å²) in [5.74, 6) is -0.0228. The maximum absolute atomic E-state index is 12.3. The predicted molar refractivity (Wildman–Crippen MR) is 90.5 cm³/mol. The highest BCUT2D eigenvalue weighted by molar-refractivity contribution is 8.00. The highest BCUT2D eigenvalue weighted by Crippen LogP contribution is 2.27. The number of hydrogen-bond donors (Lipinski definition) is 1. The lowest BCUT2D eigenvalue weighted by molar-refractivity contribution is -0.120. The minimum Gasteiger partial charge on any atom is -0.381 e. The molecule has 1 atom stereocenters. The van der Waals surface area contributed by atoms with Crippen molar-refractivity contribution in [1.82, 2.24) is 25.5 Å². The fraction of sp³-hybridized carbons (Fsp3) is 0.500. The van der Waals surface area contributed by atoms with E-state index in [2.05, 4.69) is 20.8 Å². The molecule has 0 aliphatic carbocycles. The molecule has 1 N–H and O–H groups in total. The normalized spacial score (nSPS) is 16.7. The minimum absolute atomic E-state index is 0.0228. The van der Waals surface area contributed by atoms with E-state index in [9.17, 15) is 4.79 Å². The number of aromatic nitrogens is 4. The third kappa shape index (κ3) is 4.33. The molecule has 0 spiro atoms. The monoisotopic (exact) mass is 347 g/mol. The third-order valence-corrected chi connectivity index (χ3v) is 5.01. The zero-order valence-corrected chi connectivity index (χ0v) is 14.4. The second-order valence-corrected chi connectivity index (χ2v) is 7.02. The summed E-state index contributed by atoms with van der Waals surface area (Å²) in [6, 6.07) is 10.1. The molecule has 1 aromatic heterocycles. The Labute approximate surface area is 145 Å². The van der Waals surface area contributed by atoms with Gasteiger partial charge in [-0.05, 0) is 35.8 Å². The number of carbonyl (C=O) groups excluding carboxylic acids is 1. The second kappa shape index (κ2) is 8.25. The quantitative estimate of drug-likeness (QED) is 0.803. The van der Waals surface area contributed by atoms with Crippen molar-refractivity contribution in [3.05, 3.63) is 35.9 Å². The molecule has 8 heteroatoms. The van der Waals surface area contributed by atoms with E-state index in [1.807, 2.05) is 41.9 Å². The van der Waals surface area contributed by atoms with Gasteiger partial charge >= 0.3 is 0 Å². The summed E-state index contributed by atoms with van der Waals surface area (Å²) in [7, 11) is 0. The Balaban J connectivity index is 1.55. The molecular formula is C16H21N5O2S. The number of amides is 1. The fourth-order valence-electron chi connectivity index (χ4n) is 2.56. The van der Waals surface area contributed by atoms with Gasteiger partial charge in [-0.3, -0.25) is 4.79 Å². The van der Waals surface area contributed by atoms with Crippen molar-refractivity contribution < 1.29 is 9.53 Å². The SMILES string of the molecule is C[C@@H](Sc1nnnn1C1CCOCC1)C(=O)NCc1ccccc1. The number of tetrazole rings is 1. The molecule has 1 aromatic carbocycles. The minimum atomic E-state index is -0.265. The van der Waals surface area contributed by atoms with Gasteiger partial charge in [-0.25, -0.2) is 4.68 Å². The van der Waals surface area contributed by atoms with E-state index in [0.29, 0.717) is 11.7 Å². The smallest absolute Gasteiger partial charge is 0.233 e. The lowest BCUT2D eigenvalue weighted by atomic mass is 10.1. The summed E-state index contributed by atoms with van der Waals surface area (Å²) in [4.78, 5) is 12.3. The lowest BCUT2D eigenvalue weighted by Gasteiger charge is -2.22. The molecule has 1 aliphatic heterocycles. The van der Waals surface area contributed by atoms with Gasteiger partial charge in [-0.15, -0.1) is 5.10 Å². The molecule has 7 nitrogen and oxygen atoms in total. The van der Waals surface area contributed by atoms with Crippen LogP contribution < -0.4 is 5.32 Å². The molecule has 2 aromatic rings. The molecule has 1 amide bonds. The van der Waals surface area contributed by atoms with Crippen molar-refractivity contribution in [3.8, 4) is 0 Å². The Morgan fingerprint density at radius 1 is 1.38 bits per heavy atom. The number of benzene rings is 1. The van der Waals surface area contributed by atoms with Crippen LogP contribution in [0.25, 0.3) is 0 Å². The van der Waals surface area contributed by atoms with Crippen LogP contribution in [0.15, 0.2) is 35.5 Å². The zero-order chi connectivity index (χ0) is 16.8. The first-order chi connectivity index (χ1) is 11.7. The fourth-order valence-corrected chi connectivity index (χ4v) is 3.45. The maximum Gasteiger partial charge on any atom is 0.233 e. The van der Waals surface area contributed by atoms with Crippen molar-refractivity contribution in [2.75, 3.05) is 13.2 Å². The van der Waals surface area contributed by atoms with Gasteiger partial charge in [-0.1, -0.05) is 42.1 Å². The molecule has 0 saturated carbocycles. The largest absolute Gasteiger partial charge is 0.381 e. The number of ether oxygens (including phenoxy) is 1. The van der Waals surface area contributed by atoms with Crippen LogP contribution in [0.1, 0.15) is 31.4 Å². The molecular weight excluding hydrogens is 326 g/mol. The molecule has 0 radical (unpaired) electrons. The summed E-state index contributed by atoms with van der Waals surface area (Å²) in [5, 5.41) is 15.3. The predicted octanol–water partition coefficient (Wildman–Crippen LogP) is 1.82. The van der Waals surface area contributed by atoms with Crippen molar-refractivity contribution in [2.45, 2.75) is 42.8 Å². The summed E-state index contributed by atoms with van der Waals surface area (Å²) >= 11 is 1.39. The first-order valence-electron chi connectivity index (χ1n) is 8.08. The van der Waals surface area contributed by atoms with Gasteiger partial charge < -0.3 is 10.1 Å². The number of hydrogen-bond acceptors (Lipinski definition) is 6. The average Bonchev–Trinajstić information content (AvgIpc) is 3.09. The summed E-state index contributed by atoms with van der Waals surface area (Å²) < 4.78 is 7.21. The van der Waals surface area contributed by atoms with Crippen molar-refractivity contribution in [2.24, 2.45) is 0 Å². The van der Waals surface area contributed by atoms with E-state index in [0.717, 1.165) is 31.6 Å². The van der Waals surface area contributed by atoms with Crippen LogP contribution in [0.3, 0.4) is 0 Å². The Kier molecular flexibility index (Phi) is 5.81. The van der Waals surface area contributed by atoms with Crippen LogP contribution in [0.2, 0.25) is 0 Å². The highest BCUT2D eigenvalue weighted by Gasteiger charge is 2.23. The molecule has 1 saturated heterocycles. The average molecular weight is 347 g/mol. The molecule has 2 heterocycles. The summed E-state index contributed by atoms with van der Waals surface area (Å²) in [6.45, 7) is 3.84. The van der Waals surface area contributed by atoms with E-state index in [1.165, 1.54) is 11.8 Å². The first-order valence-corrected chi connectivity index (χ1v) is 8.96.